The lowest BCUT2D eigenvalue weighted by atomic mass is 10.0. The minimum absolute atomic E-state index is 0.0527. The molecule has 0 bridgehead atoms. The van der Waals surface area contributed by atoms with Gasteiger partial charge in [-0.15, -0.1) is 0 Å². The van der Waals surface area contributed by atoms with Gasteiger partial charge in [-0.1, -0.05) is 23.8 Å². The lowest BCUT2D eigenvalue weighted by Crippen LogP contribution is -2.57. The second-order valence-corrected chi connectivity index (χ2v) is 6.33. The van der Waals surface area contributed by atoms with E-state index in [9.17, 15) is 23.7 Å². The minimum Gasteiger partial charge on any atom is -0.394 e. The van der Waals surface area contributed by atoms with Crippen LogP contribution in [0.25, 0.3) is 0 Å². The van der Waals surface area contributed by atoms with Crippen LogP contribution in [0.4, 0.5) is 0 Å². The van der Waals surface area contributed by atoms with Crippen LogP contribution in [-0.2, 0) is 19.4 Å². The Balaban J connectivity index is 2.79. The molecular formula is C9H17NO9S2. The van der Waals surface area contributed by atoms with Crippen LogP contribution in [-0.4, -0.2) is 74.9 Å². The molecule has 1 saturated heterocycles. The number of ether oxygens (including phenoxy) is 1. The third kappa shape index (κ3) is 5.34. The zero-order valence-electron chi connectivity index (χ0n) is 10.9. The molecule has 5 atom stereocenters. The largest absolute Gasteiger partial charge is 0.466 e. The number of hydrogen-bond acceptors (Lipinski definition) is 10. The predicted octanol–water partition coefficient (Wildman–Crippen LogP) is -1.94. The van der Waals surface area contributed by atoms with Gasteiger partial charge in [0.25, 0.3) is 0 Å². The van der Waals surface area contributed by atoms with E-state index in [2.05, 4.69) is 9.44 Å². The normalized spacial score (nSPS) is 34.8. The van der Waals surface area contributed by atoms with E-state index in [0.717, 1.165) is 11.8 Å². The van der Waals surface area contributed by atoms with E-state index in [1.165, 1.54) is 0 Å². The molecule has 0 aromatic rings. The van der Waals surface area contributed by atoms with Crippen molar-refractivity contribution in [1.82, 2.24) is 0 Å². The zero-order valence-corrected chi connectivity index (χ0v) is 12.6. The number of hydrogen-bond donors (Lipinski definition) is 5. The monoisotopic (exact) mass is 347 g/mol. The van der Waals surface area contributed by atoms with Crippen molar-refractivity contribution in [3.8, 4) is 0 Å². The molecule has 1 fully saturated rings. The maximum Gasteiger partial charge on any atom is 0.466 e. The summed E-state index contributed by atoms with van der Waals surface area (Å²) in [4.78, 5) is 0. The van der Waals surface area contributed by atoms with Gasteiger partial charge in [0, 0.05) is 0 Å². The molecule has 21 heavy (non-hydrogen) atoms. The first-order valence-corrected chi connectivity index (χ1v) is 8.14. The summed E-state index contributed by atoms with van der Waals surface area (Å²) in [7, 11) is -4.75. The SMILES string of the molecule is CC/C(=N/OS(=O)(=O)O)S[C@H]1O[C@@H](CO)[C@H](O)[C@H](O)[C@H]1O. The van der Waals surface area contributed by atoms with Crippen molar-refractivity contribution in [2.24, 2.45) is 5.16 Å². The molecule has 0 aromatic carbocycles. The quantitative estimate of drug-likeness (QED) is 0.163. The van der Waals surface area contributed by atoms with Crippen molar-refractivity contribution in [3.05, 3.63) is 0 Å². The maximum atomic E-state index is 10.4. The lowest BCUT2D eigenvalue weighted by molar-refractivity contribution is -0.205. The standard InChI is InChI=1S/C9H17NO9S2/c1-2-5(10-19-21(15,16)17)20-9-8(14)7(13)6(12)4(3-11)18-9/h4,6-9,11-14H,2-3H2,1H3,(H,15,16,17)/b10-5-/t4-,6-,7-,8+,9+/m0/s1. The van der Waals surface area contributed by atoms with Gasteiger partial charge in [0.05, 0.1) is 6.61 Å². The first-order chi connectivity index (χ1) is 9.69. The molecule has 0 aliphatic carbocycles. The molecular weight excluding hydrogens is 330 g/mol. The van der Waals surface area contributed by atoms with Gasteiger partial charge in [0.1, 0.15) is 34.9 Å². The summed E-state index contributed by atoms with van der Waals surface area (Å²) >= 11 is 0.734. The first kappa shape index (κ1) is 18.6. The Morgan fingerprint density at radius 1 is 1.29 bits per heavy atom. The Kier molecular flexibility index (Phi) is 6.80. The number of aliphatic hydroxyl groups is 4. The second kappa shape index (κ2) is 7.69. The first-order valence-electron chi connectivity index (χ1n) is 5.89. The topological polar surface area (TPSA) is 166 Å². The van der Waals surface area contributed by atoms with Gasteiger partial charge < -0.3 is 25.2 Å². The third-order valence-corrected chi connectivity index (χ3v) is 4.16. The van der Waals surface area contributed by atoms with Gasteiger partial charge in [0.15, 0.2) is 0 Å². The second-order valence-electron chi connectivity index (χ2n) is 4.16. The summed E-state index contributed by atoms with van der Waals surface area (Å²) in [6, 6.07) is 0. The van der Waals surface area contributed by atoms with Gasteiger partial charge in [-0.05, 0) is 6.42 Å². The molecule has 0 aromatic heterocycles. The maximum absolute atomic E-state index is 10.4. The Hall–Kier alpha value is -0.470. The number of aliphatic hydroxyl groups excluding tert-OH is 4. The van der Waals surface area contributed by atoms with Crippen LogP contribution >= 0.6 is 11.8 Å². The van der Waals surface area contributed by atoms with E-state index in [1.54, 1.807) is 6.92 Å². The zero-order chi connectivity index (χ0) is 16.2. The summed E-state index contributed by atoms with van der Waals surface area (Å²) in [5, 5.41) is 41.3. The van der Waals surface area contributed by atoms with Gasteiger partial charge >= 0.3 is 10.4 Å². The third-order valence-electron chi connectivity index (χ3n) is 2.64. The van der Waals surface area contributed by atoms with Crippen molar-refractivity contribution in [3.63, 3.8) is 0 Å². The van der Waals surface area contributed by atoms with Crippen LogP contribution in [0, 0.1) is 0 Å². The molecule has 0 unspecified atom stereocenters. The molecule has 0 amide bonds. The Morgan fingerprint density at radius 3 is 2.38 bits per heavy atom. The molecule has 1 aliphatic rings. The highest BCUT2D eigenvalue weighted by Gasteiger charge is 2.44. The summed E-state index contributed by atoms with van der Waals surface area (Å²) in [5.74, 6) is 0. The van der Waals surface area contributed by atoms with Crippen LogP contribution in [0.15, 0.2) is 5.16 Å². The van der Waals surface area contributed by atoms with Crippen molar-refractivity contribution in [2.75, 3.05) is 6.61 Å². The minimum atomic E-state index is -4.75. The van der Waals surface area contributed by atoms with Crippen LogP contribution < -0.4 is 0 Å². The molecule has 12 heteroatoms. The Morgan fingerprint density at radius 2 is 1.90 bits per heavy atom. The van der Waals surface area contributed by atoms with E-state index in [0.29, 0.717) is 0 Å². The molecule has 0 radical (unpaired) electrons. The average Bonchev–Trinajstić information content (AvgIpc) is 2.42. The summed E-state index contributed by atoms with van der Waals surface area (Å²) in [6.07, 6.45) is -5.42. The number of oxime groups is 1. The van der Waals surface area contributed by atoms with Gasteiger partial charge in [-0.2, -0.15) is 8.42 Å². The van der Waals surface area contributed by atoms with E-state index in [4.69, 9.17) is 14.4 Å². The highest BCUT2D eigenvalue weighted by Crippen LogP contribution is 2.30. The van der Waals surface area contributed by atoms with E-state index in [-0.39, 0.29) is 11.5 Å². The Labute approximate surface area is 125 Å². The fraction of sp³-hybridized carbons (Fsp3) is 0.889. The molecule has 0 spiro atoms. The predicted molar refractivity (Wildman–Crippen MR) is 71.7 cm³/mol. The smallest absolute Gasteiger partial charge is 0.394 e. The number of thioether (sulfide) groups is 1. The van der Waals surface area contributed by atoms with E-state index < -0.39 is 46.9 Å². The van der Waals surface area contributed by atoms with Crippen LogP contribution in [0.1, 0.15) is 13.3 Å². The number of rotatable bonds is 5. The molecule has 1 rings (SSSR count). The molecule has 5 N–H and O–H groups in total. The Bertz CT molecular complexity index is 466. The molecule has 0 saturated carbocycles. The summed E-state index contributed by atoms with van der Waals surface area (Å²) in [6.45, 7) is 1.02. The lowest BCUT2D eigenvalue weighted by Gasteiger charge is -2.39. The van der Waals surface area contributed by atoms with Crippen LogP contribution in [0.3, 0.4) is 0 Å². The van der Waals surface area contributed by atoms with E-state index in [1.807, 2.05) is 0 Å². The molecule has 1 aliphatic heterocycles. The van der Waals surface area contributed by atoms with Crippen molar-refractivity contribution in [1.29, 1.82) is 0 Å². The van der Waals surface area contributed by atoms with Crippen molar-refractivity contribution in [2.45, 2.75) is 43.2 Å². The van der Waals surface area contributed by atoms with Gasteiger partial charge in [-0.3, -0.25) is 4.55 Å². The molecule has 10 nitrogen and oxygen atoms in total. The van der Waals surface area contributed by atoms with Crippen molar-refractivity contribution >= 4 is 27.2 Å². The fourth-order valence-corrected chi connectivity index (χ4v) is 2.80. The highest BCUT2D eigenvalue weighted by atomic mass is 32.3. The van der Waals surface area contributed by atoms with Crippen molar-refractivity contribution < 1.29 is 42.4 Å². The molecule has 124 valence electrons. The van der Waals surface area contributed by atoms with E-state index >= 15 is 0 Å². The van der Waals surface area contributed by atoms with Crippen LogP contribution in [0.5, 0.6) is 0 Å². The average molecular weight is 347 g/mol. The molecule has 1 heterocycles. The van der Waals surface area contributed by atoms with Crippen LogP contribution in [0.2, 0.25) is 0 Å². The fourth-order valence-electron chi connectivity index (χ4n) is 1.56. The summed E-state index contributed by atoms with van der Waals surface area (Å²) in [5.41, 5.74) is -1.11. The van der Waals surface area contributed by atoms with Gasteiger partial charge in [-0.25, -0.2) is 4.28 Å². The summed E-state index contributed by atoms with van der Waals surface area (Å²) < 4.78 is 38.3. The highest BCUT2D eigenvalue weighted by molar-refractivity contribution is 8.14. The van der Waals surface area contributed by atoms with Gasteiger partial charge in [0.2, 0.25) is 0 Å². The number of nitrogens with zero attached hydrogens (tertiary/aromatic N) is 1.